The van der Waals surface area contributed by atoms with Gasteiger partial charge in [0, 0.05) is 6.42 Å². The Bertz CT molecular complexity index is 530. The van der Waals surface area contributed by atoms with Gasteiger partial charge in [-0.05, 0) is 35.7 Å². The van der Waals surface area contributed by atoms with Gasteiger partial charge < -0.3 is 5.11 Å². The number of halogens is 2. The van der Waals surface area contributed by atoms with Crippen LogP contribution in [0.4, 0.5) is 8.78 Å². The molecular weight excluding hydrogens is 246 g/mol. The van der Waals surface area contributed by atoms with E-state index >= 15 is 0 Å². The van der Waals surface area contributed by atoms with Crippen LogP contribution in [0.15, 0.2) is 48.5 Å². The van der Waals surface area contributed by atoms with Crippen LogP contribution in [0.25, 0.3) is 11.1 Å². The van der Waals surface area contributed by atoms with E-state index in [1.165, 1.54) is 12.1 Å². The molecule has 0 heterocycles. The fourth-order valence-electron chi connectivity index (χ4n) is 1.99. The van der Waals surface area contributed by atoms with Gasteiger partial charge in [0.2, 0.25) is 0 Å². The van der Waals surface area contributed by atoms with Crippen LogP contribution in [0, 0.1) is 5.82 Å². The highest BCUT2D eigenvalue weighted by molar-refractivity contribution is 5.63. The van der Waals surface area contributed by atoms with Gasteiger partial charge in [0.25, 0.3) is 0 Å². The minimum absolute atomic E-state index is 0.0723. The second-order valence-corrected chi connectivity index (χ2v) is 4.80. The van der Waals surface area contributed by atoms with E-state index in [2.05, 4.69) is 0 Å². The summed E-state index contributed by atoms with van der Waals surface area (Å²) >= 11 is 0. The molecule has 0 radical (unpaired) electrons. The maximum atomic E-state index is 12.8. The standard InChI is InChI=1S/C16H16F2O/c1-16(19,10-11-17)14-6-2-12(3-7-14)13-4-8-15(18)9-5-13/h2-9,19H,10-11H2,1H3. The van der Waals surface area contributed by atoms with Gasteiger partial charge in [0.1, 0.15) is 5.82 Å². The summed E-state index contributed by atoms with van der Waals surface area (Å²) in [6, 6.07) is 13.4. The summed E-state index contributed by atoms with van der Waals surface area (Å²) in [6.07, 6.45) is 0.0723. The molecule has 0 bridgehead atoms. The summed E-state index contributed by atoms with van der Waals surface area (Å²) in [5, 5.41) is 10.1. The third kappa shape index (κ3) is 3.18. The maximum Gasteiger partial charge on any atom is 0.123 e. The normalized spacial score (nSPS) is 14.1. The van der Waals surface area contributed by atoms with Gasteiger partial charge in [0.15, 0.2) is 0 Å². The van der Waals surface area contributed by atoms with E-state index in [0.29, 0.717) is 5.56 Å². The fraction of sp³-hybridized carbons (Fsp3) is 0.250. The van der Waals surface area contributed by atoms with Crippen molar-refractivity contribution in [3.05, 3.63) is 59.9 Å². The molecule has 0 saturated heterocycles. The van der Waals surface area contributed by atoms with Crippen molar-refractivity contribution in [2.75, 3.05) is 6.67 Å². The molecule has 0 spiro atoms. The molecule has 1 unspecified atom stereocenters. The zero-order valence-corrected chi connectivity index (χ0v) is 10.7. The van der Waals surface area contributed by atoms with E-state index < -0.39 is 12.3 Å². The zero-order chi connectivity index (χ0) is 13.9. The lowest BCUT2D eigenvalue weighted by Gasteiger charge is -2.22. The predicted octanol–water partition coefficient (Wildman–Crippen LogP) is 4.06. The summed E-state index contributed by atoms with van der Waals surface area (Å²) in [4.78, 5) is 0. The van der Waals surface area contributed by atoms with E-state index in [0.717, 1.165) is 11.1 Å². The second-order valence-electron chi connectivity index (χ2n) is 4.80. The quantitative estimate of drug-likeness (QED) is 0.881. The van der Waals surface area contributed by atoms with Crippen molar-refractivity contribution in [3.8, 4) is 11.1 Å². The smallest absolute Gasteiger partial charge is 0.123 e. The second kappa shape index (κ2) is 5.49. The number of hydrogen-bond donors (Lipinski definition) is 1. The molecule has 100 valence electrons. The lowest BCUT2D eigenvalue weighted by Crippen LogP contribution is -2.21. The Morgan fingerprint density at radius 1 is 0.947 bits per heavy atom. The van der Waals surface area contributed by atoms with E-state index in [9.17, 15) is 13.9 Å². The first kappa shape index (κ1) is 13.7. The van der Waals surface area contributed by atoms with Crippen molar-refractivity contribution >= 4 is 0 Å². The Hall–Kier alpha value is -1.74. The lowest BCUT2D eigenvalue weighted by atomic mass is 9.91. The van der Waals surface area contributed by atoms with Crippen LogP contribution in [0.2, 0.25) is 0 Å². The van der Waals surface area contributed by atoms with Gasteiger partial charge >= 0.3 is 0 Å². The van der Waals surface area contributed by atoms with Crippen LogP contribution in [-0.2, 0) is 5.60 Å². The predicted molar refractivity (Wildman–Crippen MR) is 72.0 cm³/mol. The van der Waals surface area contributed by atoms with Crippen LogP contribution >= 0.6 is 0 Å². The molecule has 2 rings (SSSR count). The van der Waals surface area contributed by atoms with E-state index in [4.69, 9.17) is 0 Å². The molecule has 0 fully saturated rings. The molecule has 1 atom stereocenters. The number of aliphatic hydroxyl groups is 1. The first-order valence-corrected chi connectivity index (χ1v) is 6.18. The monoisotopic (exact) mass is 262 g/mol. The Balaban J connectivity index is 2.25. The van der Waals surface area contributed by atoms with Crippen molar-refractivity contribution < 1.29 is 13.9 Å². The van der Waals surface area contributed by atoms with Gasteiger partial charge in [-0.25, -0.2) is 4.39 Å². The molecule has 2 aromatic carbocycles. The number of rotatable bonds is 4. The minimum atomic E-state index is -1.16. The zero-order valence-electron chi connectivity index (χ0n) is 10.7. The Labute approximate surface area is 111 Å². The van der Waals surface area contributed by atoms with E-state index in [1.807, 2.05) is 12.1 Å². The van der Waals surface area contributed by atoms with Crippen molar-refractivity contribution in [2.45, 2.75) is 18.9 Å². The van der Waals surface area contributed by atoms with E-state index in [1.54, 1.807) is 31.2 Å². The van der Waals surface area contributed by atoms with Gasteiger partial charge in [-0.15, -0.1) is 0 Å². The molecule has 0 saturated carbocycles. The molecule has 1 N–H and O–H groups in total. The molecule has 0 aliphatic rings. The fourth-order valence-corrected chi connectivity index (χ4v) is 1.99. The number of hydrogen-bond acceptors (Lipinski definition) is 1. The van der Waals surface area contributed by atoms with Crippen molar-refractivity contribution in [1.29, 1.82) is 0 Å². The summed E-state index contributed by atoms with van der Waals surface area (Å²) < 4.78 is 25.2. The van der Waals surface area contributed by atoms with Crippen molar-refractivity contribution in [3.63, 3.8) is 0 Å². The summed E-state index contributed by atoms with van der Waals surface area (Å²) in [5.41, 5.74) is 1.35. The van der Waals surface area contributed by atoms with Crippen LogP contribution < -0.4 is 0 Å². The molecule has 2 aromatic rings. The SMILES string of the molecule is CC(O)(CCF)c1ccc(-c2ccc(F)cc2)cc1. The molecule has 19 heavy (non-hydrogen) atoms. The molecule has 1 nitrogen and oxygen atoms in total. The highest BCUT2D eigenvalue weighted by Gasteiger charge is 2.22. The third-order valence-electron chi connectivity index (χ3n) is 3.27. The topological polar surface area (TPSA) is 20.2 Å². The molecule has 0 amide bonds. The summed E-state index contributed by atoms with van der Waals surface area (Å²) in [7, 11) is 0. The first-order chi connectivity index (χ1) is 9.03. The van der Waals surface area contributed by atoms with Crippen LogP contribution in [-0.4, -0.2) is 11.8 Å². The van der Waals surface area contributed by atoms with Gasteiger partial charge in [0.05, 0.1) is 12.3 Å². The Morgan fingerprint density at radius 3 is 1.89 bits per heavy atom. The van der Waals surface area contributed by atoms with Gasteiger partial charge in [-0.2, -0.15) is 0 Å². The minimum Gasteiger partial charge on any atom is -0.385 e. The highest BCUT2D eigenvalue weighted by Crippen LogP contribution is 2.27. The summed E-state index contributed by atoms with van der Waals surface area (Å²) in [5.74, 6) is -0.272. The van der Waals surface area contributed by atoms with Crippen LogP contribution in [0.3, 0.4) is 0 Å². The molecule has 0 aliphatic carbocycles. The largest absolute Gasteiger partial charge is 0.385 e. The molecule has 0 aromatic heterocycles. The van der Waals surface area contributed by atoms with Crippen molar-refractivity contribution in [1.82, 2.24) is 0 Å². The highest BCUT2D eigenvalue weighted by atomic mass is 19.1. The molecule has 0 aliphatic heterocycles. The molecule has 3 heteroatoms. The average molecular weight is 262 g/mol. The Morgan fingerprint density at radius 2 is 1.42 bits per heavy atom. The number of alkyl halides is 1. The van der Waals surface area contributed by atoms with Crippen molar-refractivity contribution in [2.24, 2.45) is 0 Å². The van der Waals surface area contributed by atoms with Gasteiger partial charge in [-0.1, -0.05) is 36.4 Å². The molecular formula is C16H16F2O. The van der Waals surface area contributed by atoms with Gasteiger partial charge in [-0.3, -0.25) is 4.39 Å². The van der Waals surface area contributed by atoms with Crippen LogP contribution in [0.5, 0.6) is 0 Å². The lowest BCUT2D eigenvalue weighted by molar-refractivity contribution is 0.0408. The number of benzene rings is 2. The summed E-state index contributed by atoms with van der Waals surface area (Å²) in [6.45, 7) is 1.03. The van der Waals surface area contributed by atoms with Crippen LogP contribution in [0.1, 0.15) is 18.9 Å². The average Bonchev–Trinajstić information content (AvgIpc) is 2.40. The first-order valence-electron chi connectivity index (χ1n) is 6.18. The third-order valence-corrected chi connectivity index (χ3v) is 3.27. The maximum absolute atomic E-state index is 12.8. The Kier molecular flexibility index (Phi) is 3.96. The van der Waals surface area contributed by atoms with E-state index in [-0.39, 0.29) is 12.2 Å².